The minimum atomic E-state index is -0.539. The average Bonchev–Trinajstić information content (AvgIpc) is 3.21. The zero-order valence-corrected chi connectivity index (χ0v) is 19.9. The van der Waals surface area contributed by atoms with E-state index in [1.807, 2.05) is 33.1 Å². The van der Waals surface area contributed by atoms with E-state index in [0.717, 1.165) is 36.9 Å². The second-order valence-electron chi connectivity index (χ2n) is 8.95. The molecule has 0 radical (unpaired) electrons. The van der Waals surface area contributed by atoms with Gasteiger partial charge in [-0.25, -0.2) is 19.6 Å². The van der Waals surface area contributed by atoms with Crippen LogP contribution in [0.25, 0.3) is 0 Å². The Hall–Kier alpha value is -2.23. The maximum Gasteiger partial charge on any atom is 0.410 e. The number of anilines is 1. The number of rotatable bonds is 4. The molecule has 0 spiro atoms. The number of hydrogen-bond donors (Lipinski definition) is 0. The van der Waals surface area contributed by atoms with Gasteiger partial charge in [0.15, 0.2) is 0 Å². The first kappa shape index (κ1) is 23.4. The third-order valence-corrected chi connectivity index (χ3v) is 6.12. The highest BCUT2D eigenvalue weighted by Crippen LogP contribution is 2.23. The van der Waals surface area contributed by atoms with Crippen LogP contribution in [0.3, 0.4) is 0 Å². The number of likely N-dealkylation sites (tertiary alicyclic amines) is 1. The fraction of sp³-hybridized carbons (Fsp3) is 0.714. The predicted octanol–water partition coefficient (Wildman–Crippen LogP) is 3.25. The van der Waals surface area contributed by atoms with E-state index in [4.69, 9.17) is 9.47 Å². The van der Waals surface area contributed by atoms with Crippen molar-refractivity contribution >= 4 is 29.9 Å². The molecular formula is C21H33N5O4S. The summed E-state index contributed by atoms with van der Waals surface area (Å²) in [4.78, 5) is 39.3. The Balaban J connectivity index is 1.45. The number of carbonyl (C=O) groups is 2. The lowest BCUT2D eigenvalue weighted by atomic mass is 10.0. The Morgan fingerprint density at radius 1 is 1.19 bits per heavy atom. The second kappa shape index (κ2) is 9.93. The molecule has 0 saturated carbocycles. The van der Waals surface area contributed by atoms with Gasteiger partial charge in [-0.05, 0) is 45.9 Å². The van der Waals surface area contributed by atoms with Gasteiger partial charge in [0.1, 0.15) is 16.7 Å². The molecule has 31 heavy (non-hydrogen) atoms. The van der Waals surface area contributed by atoms with Gasteiger partial charge in [-0.3, -0.25) is 0 Å². The standard InChI is InChI=1S/C21H33N5O4S/c1-21(2,3)30-20(28)26-13-9-16(14-26)29-19(27)24(4)15-7-11-25(12-8-15)18-22-10-6-17(23-18)31-5/h6,10,15-16H,7-9,11-14H2,1-5H3/t16-/m0/s1. The summed E-state index contributed by atoms with van der Waals surface area (Å²) in [5.41, 5.74) is -0.539. The van der Waals surface area contributed by atoms with E-state index in [1.54, 1.807) is 34.8 Å². The summed E-state index contributed by atoms with van der Waals surface area (Å²) in [6.07, 6.45) is 5.06. The summed E-state index contributed by atoms with van der Waals surface area (Å²) in [5.74, 6) is 0.740. The number of nitrogens with zero attached hydrogens (tertiary/aromatic N) is 5. The lowest BCUT2D eigenvalue weighted by Gasteiger charge is -2.36. The molecule has 9 nitrogen and oxygen atoms in total. The lowest BCUT2D eigenvalue weighted by Crippen LogP contribution is -2.47. The second-order valence-corrected chi connectivity index (χ2v) is 9.78. The normalized spacial score (nSPS) is 20.0. The number of amides is 2. The molecule has 1 atom stereocenters. The number of carbonyl (C=O) groups excluding carboxylic acids is 2. The molecule has 2 saturated heterocycles. The largest absolute Gasteiger partial charge is 0.444 e. The van der Waals surface area contributed by atoms with Crippen LogP contribution in [-0.4, -0.2) is 89.2 Å². The first-order chi connectivity index (χ1) is 14.7. The smallest absolute Gasteiger partial charge is 0.410 e. The molecule has 0 aromatic carbocycles. The lowest BCUT2D eigenvalue weighted by molar-refractivity contribution is 0.0234. The van der Waals surface area contributed by atoms with Crippen molar-refractivity contribution in [1.29, 1.82) is 0 Å². The molecule has 2 aliphatic rings. The van der Waals surface area contributed by atoms with Crippen LogP contribution in [0, 0.1) is 0 Å². The average molecular weight is 452 g/mol. The van der Waals surface area contributed by atoms with Crippen LogP contribution in [0.5, 0.6) is 0 Å². The van der Waals surface area contributed by atoms with Crippen molar-refractivity contribution in [2.24, 2.45) is 0 Å². The fourth-order valence-corrected chi connectivity index (χ4v) is 4.11. The molecule has 3 heterocycles. The first-order valence-electron chi connectivity index (χ1n) is 10.7. The Morgan fingerprint density at radius 3 is 2.55 bits per heavy atom. The van der Waals surface area contributed by atoms with Crippen molar-refractivity contribution in [2.75, 3.05) is 44.4 Å². The van der Waals surface area contributed by atoms with E-state index >= 15 is 0 Å². The summed E-state index contributed by atoms with van der Waals surface area (Å²) in [7, 11) is 1.79. The van der Waals surface area contributed by atoms with E-state index in [-0.39, 0.29) is 24.3 Å². The molecule has 172 valence electrons. The van der Waals surface area contributed by atoms with Gasteiger partial charge in [0.2, 0.25) is 5.95 Å². The van der Waals surface area contributed by atoms with E-state index in [0.29, 0.717) is 19.5 Å². The van der Waals surface area contributed by atoms with Crippen molar-refractivity contribution in [2.45, 2.75) is 62.8 Å². The highest BCUT2D eigenvalue weighted by Gasteiger charge is 2.34. The molecular weight excluding hydrogens is 418 g/mol. The third-order valence-electron chi connectivity index (χ3n) is 5.47. The Labute approximate surface area is 188 Å². The summed E-state index contributed by atoms with van der Waals surface area (Å²) in [6.45, 7) is 7.99. The summed E-state index contributed by atoms with van der Waals surface area (Å²) < 4.78 is 11.1. The molecule has 2 aliphatic heterocycles. The van der Waals surface area contributed by atoms with Gasteiger partial charge < -0.3 is 24.2 Å². The minimum absolute atomic E-state index is 0.107. The monoisotopic (exact) mass is 451 g/mol. The Bertz CT molecular complexity index is 779. The fourth-order valence-electron chi connectivity index (χ4n) is 3.74. The molecule has 3 rings (SSSR count). The van der Waals surface area contributed by atoms with Gasteiger partial charge in [0.05, 0.1) is 6.54 Å². The summed E-state index contributed by atoms with van der Waals surface area (Å²) in [6, 6.07) is 2.01. The number of ether oxygens (including phenoxy) is 2. The van der Waals surface area contributed by atoms with E-state index < -0.39 is 5.60 Å². The van der Waals surface area contributed by atoms with Gasteiger partial charge in [0.25, 0.3) is 0 Å². The SMILES string of the molecule is CSc1ccnc(N2CCC(N(C)C(=O)O[C@H]3CCN(C(=O)OC(C)(C)C)C3)CC2)n1. The molecule has 0 aliphatic carbocycles. The number of thioether (sulfide) groups is 1. The molecule has 0 N–H and O–H groups in total. The number of piperidine rings is 1. The molecule has 10 heteroatoms. The molecule has 1 aromatic rings. The van der Waals surface area contributed by atoms with Crippen molar-refractivity contribution in [3.8, 4) is 0 Å². The zero-order valence-electron chi connectivity index (χ0n) is 19.0. The maximum absolute atomic E-state index is 12.7. The molecule has 2 amide bonds. The van der Waals surface area contributed by atoms with Gasteiger partial charge in [-0.2, -0.15) is 0 Å². The van der Waals surface area contributed by atoms with E-state index in [2.05, 4.69) is 14.9 Å². The van der Waals surface area contributed by atoms with Gasteiger partial charge in [0, 0.05) is 45.3 Å². The minimum Gasteiger partial charge on any atom is -0.444 e. The summed E-state index contributed by atoms with van der Waals surface area (Å²) in [5, 5.41) is 0.949. The van der Waals surface area contributed by atoms with Crippen LogP contribution in [0.15, 0.2) is 17.3 Å². The van der Waals surface area contributed by atoms with Crippen LogP contribution in [0.2, 0.25) is 0 Å². The van der Waals surface area contributed by atoms with Crippen molar-refractivity contribution in [3.63, 3.8) is 0 Å². The van der Waals surface area contributed by atoms with Crippen molar-refractivity contribution in [1.82, 2.24) is 19.8 Å². The highest BCUT2D eigenvalue weighted by atomic mass is 32.2. The van der Waals surface area contributed by atoms with Crippen LogP contribution in [0.1, 0.15) is 40.0 Å². The maximum atomic E-state index is 12.7. The molecule has 0 unspecified atom stereocenters. The van der Waals surface area contributed by atoms with E-state index in [9.17, 15) is 9.59 Å². The van der Waals surface area contributed by atoms with Gasteiger partial charge in [-0.1, -0.05) is 0 Å². The topological polar surface area (TPSA) is 88.1 Å². The third kappa shape index (κ3) is 6.38. The predicted molar refractivity (Wildman–Crippen MR) is 120 cm³/mol. The first-order valence-corrected chi connectivity index (χ1v) is 11.9. The molecule has 0 bridgehead atoms. The van der Waals surface area contributed by atoms with Crippen molar-refractivity contribution in [3.05, 3.63) is 12.3 Å². The summed E-state index contributed by atoms with van der Waals surface area (Å²) >= 11 is 1.60. The number of aromatic nitrogens is 2. The number of hydrogen-bond acceptors (Lipinski definition) is 8. The van der Waals surface area contributed by atoms with Crippen molar-refractivity contribution < 1.29 is 19.1 Å². The molecule has 2 fully saturated rings. The van der Waals surface area contributed by atoms with Crippen LogP contribution in [0.4, 0.5) is 15.5 Å². The Kier molecular flexibility index (Phi) is 7.51. The quantitative estimate of drug-likeness (QED) is 0.509. The Morgan fingerprint density at radius 2 is 1.90 bits per heavy atom. The molecule has 1 aromatic heterocycles. The zero-order chi connectivity index (χ0) is 22.6. The van der Waals surface area contributed by atoms with Gasteiger partial charge >= 0.3 is 12.2 Å². The van der Waals surface area contributed by atoms with Crippen LogP contribution >= 0.6 is 11.8 Å². The van der Waals surface area contributed by atoms with Crippen LogP contribution in [-0.2, 0) is 9.47 Å². The highest BCUT2D eigenvalue weighted by molar-refractivity contribution is 7.98. The van der Waals surface area contributed by atoms with Crippen LogP contribution < -0.4 is 4.90 Å². The van der Waals surface area contributed by atoms with Gasteiger partial charge in [-0.15, -0.1) is 11.8 Å². The van der Waals surface area contributed by atoms with E-state index in [1.165, 1.54) is 0 Å².